The zero-order valence-corrected chi connectivity index (χ0v) is 6.46. The highest BCUT2D eigenvalue weighted by Crippen LogP contribution is 2.01. The van der Waals surface area contributed by atoms with E-state index >= 15 is 0 Å². The highest BCUT2D eigenvalue weighted by Gasteiger charge is 2.11. The zero-order valence-electron chi connectivity index (χ0n) is 6.46. The molecule has 0 saturated carbocycles. The smallest absolute Gasteiger partial charge is 0.394 e. The Morgan fingerprint density at radius 1 is 1.82 bits per heavy atom. The summed E-state index contributed by atoms with van der Waals surface area (Å²) in [5.74, 6) is -0.495. The van der Waals surface area contributed by atoms with Gasteiger partial charge in [-0.1, -0.05) is 0 Å². The maximum absolute atomic E-state index is 10.9. The molecule has 0 bridgehead atoms. The molecule has 11 heavy (non-hydrogen) atoms. The molecular formula is C7H9NO3. The molecule has 1 rings (SSSR count). The normalized spacial score (nSPS) is 9.64. The molecular weight excluding hydrogens is 146 g/mol. The quantitative estimate of drug-likeness (QED) is 0.601. The van der Waals surface area contributed by atoms with Gasteiger partial charge in [0, 0.05) is 0 Å². The Morgan fingerprint density at radius 2 is 2.55 bits per heavy atom. The van der Waals surface area contributed by atoms with Crippen molar-refractivity contribution in [2.75, 3.05) is 6.61 Å². The fourth-order valence-electron chi connectivity index (χ4n) is 0.641. The molecule has 1 heterocycles. The molecule has 0 fully saturated rings. The third kappa shape index (κ3) is 1.80. The van der Waals surface area contributed by atoms with E-state index in [4.69, 9.17) is 4.42 Å². The second kappa shape index (κ2) is 3.18. The Balaban J connectivity index is 2.69. The number of ether oxygens (including phenoxy) is 1. The fourth-order valence-corrected chi connectivity index (χ4v) is 0.641. The second-order valence-corrected chi connectivity index (χ2v) is 2.01. The van der Waals surface area contributed by atoms with Gasteiger partial charge in [0.25, 0.3) is 0 Å². The van der Waals surface area contributed by atoms with Crippen LogP contribution in [0.5, 0.6) is 0 Å². The molecule has 0 spiro atoms. The first kappa shape index (κ1) is 7.78. The molecule has 1 aromatic rings. The van der Waals surface area contributed by atoms with Crippen molar-refractivity contribution in [3.63, 3.8) is 0 Å². The van der Waals surface area contributed by atoms with Crippen molar-refractivity contribution < 1.29 is 13.9 Å². The molecule has 0 saturated heterocycles. The number of aromatic nitrogens is 1. The summed E-state index contributed by atoms with van der Waals surface area (Å²) in [4.78, 5) is 14.7. The number of carbonyl (C=O) groups excluding carboxylic acids is 1. The summed E-state index contributed by atoms with van der Waals surface area (Å²) < 4.78 is 9.44. The Bertz CT molecular complexity index is 254. The number of carbonyl (C=O) groups is 1. The van der Waals surface area contributed by atoms with Gasteiger partial charge in [0.15, 0.2) is 0 Å². The van der Waals surface area contributed by atoms with E-state index in [-0.39, 0.29) is 5.89 Å². The minimum atomic E-state index is -0.513. The summed E-state index contributed by atoms with van der Waals surface area (Å²) in [6.07, 6.45) is 1.41. The summed E-state index contributed by atoms with van der Waals surface area (Å²) in [5.41, 5.74) is 0.674. The summed E-state index contributed by atoms with van der Waals surface area (Å²) in [5, 5.41) is 0. The van der Waals surface area contributed by atoms with Crippen molar-refractivity contribution in [1.29, 1.82) is 0 Å². The van der Waals surface area contributed by atoms with E-state index in [1.165, 1.54) is 6.26 Å². The minimum Gasteiger partial charge on any atom is -0.459 e. The number of rotatable bonds is 2. The first-order chi connectivity index (χ1) is 5.24. The average Bonchev–Trinajstić information content (AvgIpc) is 2.36. The van der Waals surface area contributed by atoms with Gasteiger partial charge >= 0.3 is 11.9 Å². The summed E-state index contributed by atoms with van der Waals surface area (Å²) in [7, 11) is 0. The molecule has 0 amide bonds. The van der Waals surface area contributed by atoms with Crippen LogP contribution in [-0.4, -0.2) is 17.6 Å². The average molecular weight is 155 g/mol. The van der Waals surface area contributed by atoms with Gasteiger partial charge in [-0.05, 0) is 13.8 Å². The number of hydrogen-bond acceptors (Lipinski definition) is 4. The molecule has 0 N–H and O–H groups in total. The van der Waals surface area contributed by atoms with Gasteiger partial charge in [-0.25, -0.2) is 9.78 Å². The maximum Gasteiger partial charge on any atom is 0.394 e. The SMILES string of the molecule is CCOC(=O)c1nc(C)co1. The molecule has 0 aliphatic carbocycles. The molecule has 0 aliphatic heterocycles. The third-order valence-corrected chi connectivity index (χ3v) is 1.07. The lowest BCUT2D eigenvalue weighted by molar-refractivity contribution is 0.0481. The monoisotopic (exact) mass is 155 g/mol. The standard InChI is InChI=1S/C7H9NO3/c1-3-10-7(9)6-8-5(2)4-11-6/h4H,3H2,1-2H3. The molecule has 0 unspecified atom stereocenters. The van der Waals surface area contributed by atoms with Gasteiger partial charge in [0.05, 0.1) is 12.3 Å². The maximum atomic E-state index is 10.9. The van der Waals surface area contributed by atoms with Crippen molar-refractivity contribution >= 4 is 5.97 Å². The second-order valence-electron chi connectivity index (χ2n) is 2.01. The van der Waals surface area contributed by atoms with E-state index in [0.717, 1.165) is 0 Å². The third-order valence-electron chi connectivity index (χ3n) is 1.07. The predicted molar refractivity (Wildman–Crippen MR) is 37.2 cm³/mol. The Morgan fingerprint density at radius 3 is 3.00 bits per heavy atom. The van der Waals surface area contributed by atoms with Crippen molar-refractivity contribution in [2.24, 2.45) is 0 Å². The highest BCUT2D eigenvalue weighted by atomic mass is 16.5. The lowest BCUT2D eigenvalue weighted by atomic mass is 10.6. The fraction of sp³-hybridized carbons (Fsp3) is 0.429. The highest BCUT2D eigenvalue weighted by molar-refractivity contribution is 5.84. The van der Waals surface area contributed by atoms with Crippen LogP contribution in [0.25, 0.3) is 0 Å². The van der Waals surface area contributed by atoms with E-state index in [1.54, 1.807) is 13.8 Å². The molecule has 0 aliphatic rings. The van der Waals surface area contributed by atoms with Gasteiger partial charge in [-0.3, -0.25) is 0 Å². The van der Waals surface area contributed by atoms with E-state index in [1.807, 2.05) is 0 Å². The van der Waals surface area contributed by atoms with Gasteiger partial charge in [-0.2, -0.15) is 0 Å². The van der Waals surface area contributed by atoms with Gasteiger partial charge in [-0.15, -0.1) is 0 Å². The van der Waals surface area contributed by atoms with E-state index in [0.29, 0.717) is 12.3 Å². The van der Waals surface area contributed by atoms with Crippen LogP contribution < -0.4 is 0 Å². The van der Waals surface area contributed by atoms with Crippen LogP contribution >= 0.6 is 0 Å². The molecule has 4 nitrogen and oxygen atoms in total. The van der Waals surface area contributed by atoms with Crippen LogP contribution in [0.4, 0.5) is 0 Å². The van der Waals surface area contributed by atoms with Crippen LogP contribution in [-0.2, 0) is 4.74 Å². The first-order valence-electron chi connectivity index (χ1n) is 3.33. The minimum absolute atomic E-state index is 0.0179. The van der Waals surface area contributed by atoms with Crippen LogP contribution in [0.1, 0.15) is 23.3 Å². The number of aryl methyl sites for hydroxylation is 1. The van der Waals surface area contributed by atoms with E-state index in [9.17, 15) is 4.79 Å². The molecule has 0 radical (unpaired) electrons. The number of hydrogen-bond donors (Lipinski definition) is 0. The predicted octanol–water partition coefficient (Wildman–Crippen LogP) is 1.16. The number of esters is 1. The van der Waals surface area contributed by atoms with Crippen molar-refractivity contribution in [2.45, 2.75) is 13.8 Å². The van der Waals surface area contributed by atoms with Gasteiger partial charge in [0.2, 0.25) is 0 Å². The van der Waals surface area contributed by atoms with Gasteiger partial charge in [0.1, 0.15) is 6.26 Å². The van der Waals surface area contributed by atoms with Crippen molar-refractivity contribution in [1.82, 2.24) is 4.98 Å². The number of oxazole rings is 1. The first-order valence-corrected chi connectivity index (χ1v) is 3.33. The summed E-state index contributed by atoms with van der Waals surface area (Å²) >= 11 is 0. The van der Waals surface area contributed by atoms with Crippen LogP contribution in [0.2, 0.25) is 0 Å². The Kier molecular flexibility index (Phi) is 2.25. The lowest BCUT2D eigenvalue weighted by Gasteiger charge is -1.93. The van der Waals surface area contributed by atoms with Crippen LogP contribution in [0.15, 0.2) is 10.7 Å². The Hall–Kier alpha value is -1.32. The molecule has 4 heteroatoms. The van der Waals surface area contributed by atoms with E-state index in [2.05, 4.69) is 9.72 Å². The summed E-state index contributed by atoms with van der Waals surface area (Å²) in [6, 6.07) is 0. The van der Waals surface area contributed by atoms with Crippen molar-refractivity contribution in [3.8, 4) is 0 Å². The largest absolute Gasteiger partial charge is 0.459 e. The Labute approximate surface area is 64.2 Å². The van der Waals surface area contributed by atoms with Crippen molar-refractivity contribution in [3.05, 3.63) is 17.8 Å². The zero-order chi connectivity index (χ0) is 8.27. The van der Waals surface area contributed by atoms with Crippen LogP contribution in [0, 0.1) is 6.92 Å². The van der Waals surface area contributed by atoms with E-state index < -0.39 is 5.97 Å². The molecule has 0 atom stereocenters. The van der Waals surface area contributed by atoms with Gasteiger partial charge < -0.3 is 9.15 Å². The molecule has 60 valence electrons. The number of nitrogens with zero attached hydrogens (tertiary/aromatic N) is 1. The summed E-state index contributed by atoms with van der Waals surface area (Å²) in [6.45, 7) is 3.81. The lowest BCUT2D eigenvalue weighted by Crippen LogP contribution is -2.04. The van der Waals surface area contributed by atoms with Crippen LogP contribution in [0.3, 0.4) is 0 Å². The topological polar surface area (TPSA) is 52.3 Å². The molecule has 0 aromatic carbocycles. The molecule has 1 aromatic heterocycles.